The Balaban J connectivity index is -0.000000372. The summed E-state index contributed by atoms with van der Waals surface area (Å²) in [5.41, 5.74) is 0. The molecule has 0 fully saturated rings. The largest absolute Gasteiger partial charge is 2.00 e. The predicted octanol–water partition coefficient (Wildman–Crippen LogP) is 2.73. The maximum atomic E-state index is 9.89. The van der Waals surface area contributed by atoms with Crippen LogP contribution in [0.4, 0.5) is 0 Å². The van der Waals surface area contributed by atoms with E-state index < -0.39 is 20.8 Å². The van der Waals surface area contributed by atoms with Crippen molar-refractivity contribution < 1.29 is 34.3 Å². The van der Waals surface area contributed by atoms with Gasteiger partial charge in [-0.25, -0.2) is 16.8 Å². The average Bonchev–Trinajstić information content (AvgIpc) is 2.45. The first-order valence-electron chi connectivity index (χ1n) is 7.70. The van der Waals surface area contributed by atoms with Gasteiger partial charge in [0.15, 0.2) is 0 Å². The van der Waals surface area contributed by atoms with Gasteiger partial charge >= 0.3 is 37.7 Å². The Kier molecular flexibility index (Phi) is 22.7. The van der Waals surface area contributed by atoms with Crippen molar-refractivity contribution >= 4 is 58.5 Å². The van der Waals surface area contributed by atoms with E-state index in [0.29, 0.717) is 0 Å². The molecular weight excluding hydrogens is 400 g/mol. The van der Waals surface area contributed by atoms with Crippen LogP contribution in [0.1, 0.15) is 65.2 Å². The van der Waals surface area contributed by atoms with Crippen LogP contribution in [0.15, 0.2) is 24.7 Å². The molecule has 0 aliphatic rings. The van der Waals surface area contributed by atoms with E-state index >= 15 is 0 Å². The van der Waals surface area contributed by atoms with Gasteiger partial charge in [0.2, 0.25) is 0 Å². The molecule has 11 heteroatoms. The van der Waals surface area contributed by atoms with Gasteiger partial charge in [0, 0.05) is 0 Å². The minimum Gasteiger partial charge on any atom is -0.716 e. The summed E-state index contributed by atoms with van der Waals surface area (Å²) in [6.45, 7) is 4.14. The monoisotopic (exact) mass is 426 g/mol. The summed E-state index contributed by atoms with van der Waals surface area (Å²) < 4.78 is 67.0. The zero-order valence-corrected chi connectivity index (χ0v) is 18.6. The molecule has 8 nitrogen and oxygen atoms in total. The SMILES string of the molecule is CCCCC/C=C/OS(=O)(=O)[O-].CCCCC/C=C/OS(=O)(=O)[O-].[Ca+2]. The zero-order valence-electron chi connectivity index (χ0n) is 14.8. The summed E-state index contributed by atoms with van der Waals surface area (Å²) in [5.74, 6) is 0. The summed E-state index contributed by atoms with van der Waals surface area (Å²) in [6, 6.07) is 0. The topological polar surface area (TPSA) is 133 Å². The van der Waals surface area contributed by atoms with Crippen molar-refractivity contribution in [2.24, 2.45) is 0 Å². The number of allylic oxidation sites excluding steroid dienone is 2. The fraction of sp³-hybridized carbons (Fsp3) is 0.714. The van der Waals surface area contributed by atoms with Crippen molar-refractivity contribution in [3.8, 4) is 0 Å². The van der Waals surface area contributed by atoms with Crippen LogP contribution < -0.4 is 0 Å². The molecule has 0 aliphatic carbocycles. The minimum absolute atomic E-state index is 0. The Labute approximate surface area is 181 Å². The first-order valence-corrected chi connectivity index (χ1v) is 10.4. The normalized spacial score (nSPS) is 11.7. The van der Waals surface area contributed by atoms with E-state index in [1.165, 1.54) is 12.2 Å². The van der Waals surface area contributed by atoms with Gasteiger partial charge < -0.3 is 17.5 Å². The van der Waals surface area contributed by atoms with Crippen LogP contribution in [0.3, 0.4) is 0 Å². The van der Waals surface area contributed by atoms with Crippen molar-refractivity contribution in [1.82, 2.24) is 0 Å². The molecule has 0 atom stereocenters. The molecule has 0 heterocycles. The first kappa shape index (κ1) is 29.9. The second-order valence-electron chi connectivity index (χ2n) is 4.74. The summed E-state index contributed by atoms with van der Waals surface area (Å²) in [7, 11) is -9.11. The van der Waals surface area contributed by atoms with Crippen LogP contribution in [-0.4, -0.2) is 63.7 Å². The van der Waals surface area contributed by atoms with Crippen molar-refractivity contribution in [2.75, 3.05) is 0 Å². The van der Waals surface area contributed by atoms with Gasteiger partial charge in [-0.1, -0.05) is 39.5 Å². The van der Waals surface area contributed by atoms with Gasteiger partial charge in [0.05, 0.1) is 0 Å². The zero-order chi connectivity index (χ0) is 18.9. The third-order valence-corrected chi connectivity index (χ3v) is 3.18. The van der Waals surface area contributed by atoms with E-state index in [1.54, 1.807) is 0 Å². The van der Waals surface area contributed by atoms with Gasteiger partial charge in [-0.3, -0.25) is 0 Å². The molecule has 0 N–H and O–H groups in total. The van der Waals surface area contributed by atoms with Gasteiger partial charge in [0.1, 0.15) is 12.5 Å². The molecular formula is C14H26CaO8S2. The van der Waals surface area contributed by atoms with Gasteiger partial charge in [0.25, 0.3) is 20.8 Å². The van der Waals surface area contributed by atoms with E-state index in [2.05, 4.69) is 22.2 Å². The van der Waals surface area contributed by atoms with Crippen LogP contribution in [-0.2, 0) is 29.2 Å². The number of hydrogen-bond donors (Lipinski definition) is 0. The summed E-state index contributed by atoms with van der Waals surface area (Å²) in [4.78, 5) is 0. The molecule has 0 aliphatic heterocycles. The fourth-order valence-corrected chi connectivity index (χ4v) is 1.80. The van der Waals surface area contributed by atoms with Gasteiger partial charge in [-0.2, -0.15) is 0 Å². The average molecular weight is 427 g/mol. The quantitative estimate of drug-likeness (QED) is 0.153. The van der Waals surface area contributed by atoms with Crippen molar-refractivity contribution in [2.45, 2.75) is 65.2 Å². The van der Waals surface area contributed by atoms with Crippen molar-refractivity contribution in [1.29, 1.82) is 0 Å². The van der Waals surface area contributed by atoms with Crippen LogP contribution in [0.2, 0.25) is 0 Å². The number of rotatable bonds is 12. The van der Waals surface area contributed by atoms with Gasteiger partial charge in [-0.15, -0.1) is 0 Å². The molecule has 0 aromatic carbocycles. The van der Waals surface area contributed by atoms with E-state index in [9.17, 15) is 25.9 Å². The van der Waals surface area contributed by atoms with Crippen LogP contribution in [0.25, 0.3) is 0 Å². The van der Waals surface area contributed by atoms with Crippen molar-refractivity contribution in [3.05, 3.63) is 24.7 Å². The third-order valence-electron chi connectivity index (χ3n) is 2.49. The Morgan fingerprint density at radius 3 is 1.28 bits per heavy atom. The molecule has 0 aromatic rings. The maximum Gasteiger partial charge on any atom is 2.00 e. The van der Waals surface area contributed by atoms with Gasteiger partial charge in [-0.05, 0) is 37.8 Å². The third kappa shape index (κ3) is 36.0. The smallest absolute Gasteiger partial charge is 0.716 e. The molecule has 0 saturated carbocycles. The predicted molar refractivity (Wildman–Crippen MR) is 93.9 cm³/mol. The molecule has 0 spiro atoms. The molecule has 0 amide bonds. The molecule has 0 saturated heterocycles. The van der Waals surface area contributed by atoms with E-state index in [4.69, 9.17) is 0 Å². The molecule has 0 aromatic heterocycles. The molecule has 0 unspecified atom stereocenters. The molecule has 0 rings (SSSR count). The molecule has 0 radical (unpaired) electrons. The maximum absolute atomic E-state index is 9.89. The summed E-state index contributed by atoms with van der Waals surface area (Å²) in [6.07, 6.45) is 12.8. The second-order valence-corrected chi connectivity index (χ2v) is 6.76. The van der Waals surface area contributed by atoms with E-state index in [1.807, 2.05) is 0 Å². The van der Waals surface area contributed by atoms with Crippen LogP contribution in [0.5, 0.6) is 0 Å². The molecule has 0 bridgehead atoms. The fourth-order valence-electron chi connectivity index (χ4n) is 1.38. The first-order chi connectivity index (χ1) is 11.1. The van der Waals surface area contributed by atoms with Crippen LogP contribution >= 0.6 is 0 Å². The van der Waals surface area contributed by atoms with E-state index in [0.717, 1.165) is 63.9 Å². The standard InChI is InChI=1S/2C7H14O4S.Ca/c2*1-2-3-4-5-6-7-11-12(8,9)10;/h2*6-7H,2-5H2,1H3,(H,8,9,10);/q;;+2/p-2/b2*7-6+;. The molecule has 144 valence electrons. The Morgan fingerprint density at radius 2 is 1.04 bits per heavy atom. The van der Waals surface area contributed by atoms with Crippen LogP contribution in [0, 0.1) is 0 Å². The second kappa shape index (κ2) is 18.9. The minimum atomic E-state index is -4.55. The molecule has 25 heavy (non-hydrogen) atoms. The Bertz CT molecular complexity index is 491. The van der Waals surface area contributed by atoms with E-state index in [-0.39, 0.29) is 37.7 Å². The number of unbranched alkanes of at least 4 members (excludes halogenated alkanes) is 6. The Morgan fingerprint density at radius 1 is 0.720 bits per heavy atom. The summed E-state index contributed by atoms with van der Waals surface area (Å²) >= 11 is 0. The number of hydrogen-bond acceptors (Lipinski definition) is 8. The van der Waals surface area contributed by atoms with Crippen molar-refractivity contribution in [3.63, 3.8) is 0 Å². The summed E-state index contributed by atoms with van der Waals surface area (Å²) in [5, 5.41) is 0. The Hall–Kier alpha value is 0.160.